The number of rotatable bonds is 4. The molecule has 0 aromatic heterocycles. The lowest BCUT2D eigenvalue weighted by molar-refractivity contribution is -0.0167. The number of nitrogens with zero attached hydrogens (tertiary/aromatic N) is 1. The van der Waals surface area contributed by atoms with Gasteiger partial charge in [0.1, 0.15) is 0 Å². The van der Waals surface area contributed by atoms with Crippen molar-refractivity contribution >= 4 is 5.91 Å². The van der Waals surface area contributed by atoms with Crippen molar-refractivity contribution in [3.05, 3.63) is 35.9 Å². The van der Waals surface area contributed by atoms with Gasteiger partial charge in [-0.2, -0.15) is 0 Å². The zero-order valence-electron chi connectivity index (χ0n) is 12.3. The lowest BCUT2D eigenvalue weighted by Crippen LogP contribution is -2.52. The number of aliphatic hydroxyl groups is 1. The second-order valence-electron chi connectivity index (χ2n) is 5.92. The maximum absolute atomic E-state index is 12.3. The Hall–Kier alpha value is -1.39. The number of carbonyl (C=O) groups is 1. The van der Waals surface area contributed by atoms with Crippen molar-refractivity contribution in [3.63, 3.8) is 0 Å². The van der Waals surface area contributed by atoms with E-state index in [-0.39, 0.29) is 5.91 Å². The van der Waals surface area contributed by atoms with Crippen molar-refractivity contribution in [2.24, 2.45) is 0 Å². The molecule has 0 aliphatic carbocycles. The average molecular weight is 276 g/mol. The van der Waals surface area contributed by atoms with Crippen LogP contribution in [-0.2, 0) is 0 Å². The molecule has 1 aliphatic heterocycles. The quantitative estimate of drug-likeness (QED) is 0.879. The molecule has 1 aliphatic rings. The predicted octanol–water partition coefficient (Wildman–Crippen LogP) is 1.65. The molecule has 1 aromatic carbocycles. The Morgan fingerprint density at radius 3 is 2.45 bits per heavy atom. The fraction of sp³-hybridized carbons (Fsp3) is 0.562. The summed E-state index contributed by atoms with van der Waals surface area (Å²) >= 11 is 0. The van der Waals surface area contributed by atoms with Crippen LogP contribution in [0, 0.1) is 0 Å². The summed E-state index contributed by atoms with van der Waals surface area (Å²) in [7, 11) is 0. The second kappa shape index (κ2) is 6.37. The number of carbonyl (C=O) groups excluding carboxylic acids is 1. The molecular weight excluding hydrogens is 252 g/mol. The van der Waals surface area contributed by atoms with E-state index >= 15 is 0 Å². The second-order valence-corrected chi connectivity index (χ2v) is 5.92. The third-order valence-corrected chi connectivity index (χ3v) is 3.84. The minimum absolute atomic E-state index is 0.0597. The summed E-state index contributed by atoms with van der Waals surface area (Å²) in [5.41, 5.74) is 0.0378. The highest BCUT2D eigenvalue weighted by Crippen LogP contribution is 2.22. The molecule has 1 saturated heterocycles. The zero-order valence-corrected chi connectivity index (χ0v) is 12.3. The highest BCUT2D eigenvalue weighted by Gasteiger charge is 2.33. The topological polar surface area (TPSA) is 52.6 Å². The van der Waals surface area contributed by atoms with Crippen molar-refractivity contribution in [2.75, 3.05) is 19.6 Å². The molecular formula is C16H24N2O2. The highest BCUT2D eigenvalue weighted by atomic mass is 16.3. The Kier molecular flexibility index (Phi) is 4.78. The summed E-state index contributed by atoms with van der Waals surface area (Å²) in [6.45, 7) is 5.96. The highest BCUT2D eigenvalue weighted by molar-refractivity contribution is 5.94. The minimum atomic E-state index is -0.683. The van der Waals surface area contributed by atoms with Crippen LogP contribution in [0.15, 0.2) is 30.3 Å². The Morgan fingerprint density at radius 2 is 1.90 bits per heavy atom. The predicted molar refractivity (Wildman–Crippen MR) is 79.7 cm³/mol. The van der Waals surface area contributed by atoms with Gasteiger partial charge < -0.3 is 15.3 Å². The number of nitrogens with one attached hydrogen (secondary N) is 1. The average Bonchev–Trinajstić information content (AvgIpc) is 2.46. The fourth-order valence-electron chi connectivity index (χ4n) is 2.46. The summed E-state index contributed by atoms with van der Waals surface area (Å²) in [4.78, 5) is 14.1. The van der Waals surface area contributed by atoms with Crippen LogP contribution in [-0.4, -0.2) is 47.2 Å². The molecule has 0 spiro atoms. The van der Waals surface area contributed by atoms with Gasteiger partial charge in [-0.3, -0.25) is 4.79 Å². The number of likely N-dealkylation sites (tertiary alicyclic amines) is 1. The van der Waals surface area contributed by atoms with Gasteiger partial charge in [-0.15, -0.1) is 0 Å². The van der Waals surface area contributed by atoms with Crippen LogP contribution in [0.5, 0.6) is 0 Å². The molecule has 0 unspecified atom stereocenters. The van der Waals surface area contributed by atoms with Gasteiger partial charge in [-0.1, -0.05) is 32.0 Å². The lowest BCUT2D eigenvalue weighted by Gasteiger charge is -2.38. The van der Waals surface area contributed by atoms with Crippen LogP contribution in [0.4, 0.5) is 0 Å². The normalized spacial score (nSPS) is 18.3. The first-order chi connectivity index (χ1) is 9.50. The minimum Gasteiger partial charge on any atom is -0.388 e. The molecule has 0 atom stereocenters. The number of amides is 1. The number of hydrogen-bond acceptors (Lipinski definition) is 3. The molecule has 20 heavy (non-hydrogen) atoms. The SMILES string of the molecule is CC(C)NCC1(O)CCN(C(=O)c2ccccc2)CC1. The van der Waals surface area contributed by atoms with Crippen molar-refractivity contribution in [3.8, 4) is 0 Å². The fourth-order valence-corrected chi connectivity index (χ4v) is 2.46. The number of hydrogen-bond donors (Lipinski definition) is 2. The summed E-state index contributed by atoms with van der Waals surface area (Å²) < 4.78 is 0. The van der Waals surface area contributed by atoms with E-state index < -0.39 is 5.60 Å². The van der Waals surface area contributed by atoms with E-state index in [9.17, 15) is 9.90 Å². The van der Waals surface area contributed by atoms with Gasteiger partial charge in [0.15, 0.2) is 0 Å². The molecule has 0 radical (unpaired) electrons. The van der Waals surface area contributed by atoms with E-state index in [0.717, 1.165) is 5.56 Å². The van der Waals surface area contributed by atoms with E-state index in [0.29, 0.717) is 38.5 Å². The zero-order chi connectivity index (χ0) is 14.6. The summed E-state index contributed by atoms with van der Waals surface area (Å²) in [5, 5.41) is 13.8. The third-order valence-electron chi connectivity index (χ3n) is 3.84. The maximum atomic E-state index is 12.3. The first-order valence-electron chi connectivity index (χ1n) is 7.30. The van der Waals surface area contributed by atoms with Crippen LogP contribution in [0.2, 0.25) is 0 Å². The third kappa shape index (κ3) is 3.81. The van der Waals surface area contributed by atoms with Crippen LogP contribution in [0.25, 0.3) is 0 Å². The van der Waals surface area contributed by atoms with E-state index in [4.69, 9.17) is 0 Å². The van der Waals surface area contributed by atoms with Crippen molar-refractivity contribution in [2.45, 2.75) is 38.3 Å². The van der Waals surface area contributed by atoms with E-state index in [1.54, 1.807) is 0 Å². The smallest absolute Gasteiger partial charge is 0.253 e. The molecule has 0 saturated carbocycles. The van der Waals surface area contributed by atoms with Gasteiger partial charge in [0.2, 0.25) is 0 Å². The summed E-state index contributed by atoms with van der Waals surface area (Å²) in [6.07, 6.45) is 1.26. The van der Waals surface area contributed by atoms with Crippen molar-refractivity contribution < 1.29 is 9.90 Å². The van der Waals surface area contributed by atoms with Crippen LogP contribution >= 0.6 is 0 Å². The van der Waals surface area contributed by atoms with Crippen molar-refractivity contribution in [1.29, 1.82) is 0 Å². The summed E-state index contributed by atoms with van der Waals surface area (Å²) in [6, 6.07) is 9.69. The van der Waals surface area contributed by atoms with Gasteiger partial charge in [-0.05, 0) is 25.0 Å². The van der Waals surface area contributed by atoms with Crippen molar-refractivity contribution in [1.82, 2.24) is 10.2 Å². The molecule has 1 amide bonds. The first-order valence-corrected chi connectivity index (χ1v) is 7.30. The standard InChI is InChI=1S/C16H24N2O2/c1-13(2)17-12-16(20)8-10-18(11-9-16)15(19)14-6-4-3-5-7-14/h3-7,13,17,20H,8-12H2,1-2H3. The monoisotopic (exact) mass is 276 g/mol. The Morgan fingerprint density at radius 1 is 1.30 bits per heavy atom. The molecule has 4 nitrogen and oxygen atoms in total. The molecule has 2 rings (SSSR count). The molecule has 4 heteroatoms. The van der Waals surface area contributed by atoms with E-state index in [1.165, 1.54) is 0 Å². The first kappa shape index (κ1) is 15.0. The Bertz CT molecular complexity index is 437. The molecule has 1 heterocycles. The van der Waals surface area contributed by atoms with E-state index in [2.05, 4.69) is 19.2 Å². The van der Waals surface area contributed by atoms with E-state index in [1.807, 2.05) is 35.2 Å². The van der Waals surface area contributed by atoms with Gasteiger partial charge >= 0.3 is 0 Å². The van der Waals surface area contributed by atoms with Crippen LogP contribution in [0.1, 0.15) is 37.0 Å². The van der Waals surface area contributed by atoms with Gasteiger partial charge in [-0.25, -0.2) is 0 Å². The van der Waals surface area contributed by atoms with Crippen LogP contribution < -0.4 is 5.32 Å². The van der Waals surface area contributed by atoms with Gasteiger partial charge in [0.25, 0.3) is 5.91 Å². The van der Waals surface area contributed by atoms with Gasteiger partial charge in [0, 0.05) is 31.2 Å². The molecule has 1 fully saturated rings. The lowest BCUT2D eigenvalue weighted by atomic mass is 9.90. The molecule has 2 N–H and O–H groups in total. The molecule has 1 aromatic rings. The van der Waals surface area contributed by atoms with Gasteiger partial charge in [0.05, 0.1) is 5.60 Å². The summed E-state index contributed by atoms with van der Waals surface area (Å²) in [5.74, 6) is 0.0597. The maximum Gasteiger partial charge on any atom is 0.253 e. The number of piperidine rings is 1. The molecule has 0 bridgehead atoms. The Balaban J connectivity index is 1.89. The number of benzene rings is 1. The molecule has 110 valence electrons. The van der Waals surface area contributed by atoms with Crippen LogP contribution in [0.3, 0.4) is 0 Å². The Labute approximate surface area is 120 Å². The largest absolute Gasteiger partial charge is 0.388 e.